The van der Waals surface area contributed by atoms with E-state index in [2.05, 4.69) is 10.3 Å². The van der Waals surface area contributed by atoms with E-state index in [1.165, 1.54) is 0 Å². The van der Waals surface area contributed by atoms with Gasteiger partial charge in [-0.05, 0) is 31.5 Å². The van der Waals surface area contributed by atoms with Crippen molar-refractivity contribution in [2.45, 2.75) is 13.3 Å². The Balaban J connectivity index is 2.18. The highest BCUT2D eigenvalue weighted by atomic mass is 32.2. The lowest BCUT2D eigenvalue weighted by molar-refractivity contribution is 0.596. The number of fused-ring (bicyclic) bond motifs is 1. The lowest BCUT2D eigenvalue weighted by Gasteiger charge is -2.11. The van der Waals surface area contributed by atoms with Gasteiger partial charge in [0.25, 0.3) is 0 Å². The van der Waals surface area contributed by atoms with E-state index in [4.69, 9.17) is 10.9 Å². The molecule has 7 heteroatoms. The van der Waals surface area contributed by atoms with Crippen LogP contribution in [-0.4, -0.2) is 25.7 Å². The van der Waals surface area contributed by atoms with Crippen molar-refractivity contribution in [1.82, 2.24) is 4.98 Å². The summed E-state index contributed by atoms with van der Waals surface area (Å²) in [7, 11) is -3.40. The highest BCUT2D eigenvalue weighted by Gasteiger charge is 2.06. The van der Waals surface area contributed by atoms with Crippen LogP contribution in [0.5, 0.6) is 0 Å². The lowest BCUT2D eigenvalue weighted by atomic mass is 10.1. The zero-order valence-electron chi connectivity index (χ0n) is 11.3. The van der Waals surface area contributed by atoms with Gasteiger partial charge in [-0.1, -0.05) is 0 Å². The summed E-state index contributed by atoms with van der Waals surface area (Å²) in [5.41, 5.74) is 8.40. The molecule has 2 aromatic rings. The number of hydrogen-bond acceptors (Lipinski definition) is 5. The predicted molar refractivity (Wildman–Crippen MR) is 82.0 cm³/mol. The fraction of sp³-hybridized carbons (Fsp3) is 0.308. The lowest BCUT2D eigenvalue weighted by Crippen LogP contribution is -2.18. The Kier molecular flexibility index (Phi) is 4.10. The van der Waals surface area contributed by atoms with Crippen molar-refractivity contribution in [1.29, 1.82) is 0 Å². The Morgan fingerprint density at radius 2 is 2.05 bits per heavy atom. The molecule has 108 valence electrons. The molecule has 20 heavy (non-hydrogen) atoms. The van der Waals surface area contributed by atoms with Crippen molar-refractivity contribution >= 4 is 32.2 Å². The summed E-state index contributed by atoms with van der Waals surface area (Å²) in [5.74, 6) is -0.0342. The van der Waals surface area contributed by atoms with Crippen LogP contribution in [0.15, 0.2) is 24.4 Å². The Bertz CT molecular complexity index is 728. The smallest absolute Gasteiger partial charge is 0.209 e. The molecule has 1 aromatic carbocycles. The van der Waals surface area contributed by atoms with E-state index in [1.807, 2.05) is 19.1 Å². The van der Waals surface area contributed by atoms with Crippen molar-refractivity contribution in [3.05, 3.63) is 30.1 Å². The van der Waals surface area contributed by atoms with E-state index >= 15 is 0 Å². The Morgan fingerprint density at radius 3 is 2.75 bits per heavy atom. The largest absolute Gasteiger partial charge is 0.398 e. The molecule has 0 spiro atoms. The van der Waals surface area contributed by atoms with E-state index in [0.717, 1.165) is 22.2 Å². The molecule has 0 aliphatic heterocycles. The van der Waals surface area contributed by atoms with Crippen molar-refractivity contribution in [3.8, 4) is 0 Å². The van der Waals surface area contributed by atoms with Crippen LogP contribution in [-0.2, 0) is 10.0 Å². The first-order valence-electron chi connectivity index (χ1n) is 6.26. The summed E-state index contributed by atoms with van der Waals surface area (Å²) in [4.78, 5) is 4.23. The van der Waals surface area contributed by atoms with Crippen molar-refractivity contribution in [3.63, 3.8) is 0 Å². The molecule has 0 amide bonds. The second kappa shape index (κ2) is 5.64. The van der Waals surface area contributed by atoms with Gasteiger partial charge in [0, 0.05) is 40.6 Å². The van der Waals surface area contributed by atoms with Crippen LogP contribution in [0.1, 0.15) is 12.1 Å². The maximum Gasteiger partial charge on any atom is 0.209 e. The zero-order chi connectivity index (χ0) is 14.8. The summed E-state index contributed by atoms with van der Waals surface area (Å²) >= 11 is 0. The molecule has 1 aromatic heterocycles. The quantitative estimate of drug-likeness (QED) is 0.567. The number of pyridine rings is 1. The zero-order valence-corrected chi connectivity index (χ0v) is 12.1. The number of nitrogen functional groups attached to an aromatic ring is 1. The number of nitrogens with two attached hydrogens (primary N) is 2. The van der Waals surface area contributed by atoms with Crippen LogP contribution in [0, 0.1) is 6.92 Å². The van der Waals surface area contributed by atoms with Crippen LogP contribution >= 0.6 is 0 Å². The highest BCUT2D eigenvalue weighted by molar-refractivity contribution is 7.89. The molecule has 0 bridgehead atoms. The van der Waals surface area contributed by atoms with Gasteiger partial charge in [0.1, 0.15) is 0 Å². The van der Waals surface area contributed by atoms with Gasteiger partial charge in [0.15, 0.2) is 0 Å². The number of nitrogens with one attached hydrogen (secondary N) is 1. The maximum atomic E-state index is 10.9. The number of benzene rings is 1. The molecular formula is C13H18N4O2S. The monoisotopic (exact) mass is 294 g/mol. The molecule has 6 nitrogen and oxygen atoms in total. The van der Waals surface area contributed by atoms with Gasteiger partial charge in [-0.2, -0.15) is 0 Å². The van der Waals surface area contributed by atoms with E-state index < -0.39 is 10.0 Å². The van der Waals surface area contributed by atoms with Gasteiger partial charge < -0.3 is 11.1 Å². The molecule has 0 radical (unpaired) electrons. The minimum absolute atomic E-state index is 0.0342. The van der Waals surface area contributed by atoms with Crippen LogP contribution < -0.4 is 16.2 Å². The summed E-state index contributed by atoms with van der Waals surface area (Å²) < 4.78 is 21.7. The van der Waals surface area contributed by atoms with E-state index in [1.54, 1.807) is 12.3 Å². The number of nitrogens with zero attached hydrogens (tertiary/aromatic N) is 1. The molecule has 0 atom stereocenters. The topological polar surface area (TPSA) is 111 Å². The van der Waals surface area contributed by atoms with E-state index in [9.17, 15) is 8.42 Å². The first kappa shape index (κ1) is 14.5. The molecule has 2 rings (SSSR count). The van der Waals surface area contributed by atoms with Gasteiger partial charge >= 0.3 is 0 Å². The first-order chi connectivity index (χ1) is 9.37. The SMILES string of the molecule is Cc1cc2c(NCCCS(N)(=O)=O)ccc(N)c2cn1. The van der Waals surface area contributed by atoms with Gasteiger partial charge in [-0.25, -0.2) is 13.6 Å². The Hall–Kier alpha value is -1.86. The minimum Gasteiger partial charge on any atom is -0.398 e. The molecule has 1 heterocycles. The van der Waals surface area contributed by atoms with Crippen molar-refractivity contribution < 1.29 is 8.42 Å². The van der Waals surface area contributed by atoms with Crippen LogP contribution in [0.3, 0.4) is 0 Å². The van der Waals surface area contributed by atoms with Crippen LogP contribution in [0.4, 0.5) is 11.4 Å². The number of rotatable bonds is 5. The van der Waals surface area contributed by atoms with E-state index in [-0.39, 0.29) is 5.75 Å². The normalized spacial score (nSPS) is 11.7. The second-order valence-electron chi connectivity index (χ2n) is 4.72. The molecule has 0 saturated carbocycles. The average Bonchev–Trinajstić information content (AvgIpc) is 2.35. The van der Waals surface area contributed by atoms with Crippen molar-refractivity contribution in [2.24, 2.45) is 5.14 Å². The summed E-state index contributed by atoms with van der Waals surface area (Å²) in [6, 6.07) is 5.64. The number of aromatic nitrogens is 1. The number of primary sulfonamides is 1. The molecule has 0 aliphatic rings. The Labute approximate surface area is 118 Å². The molecular weight excluding hydrogens is 276 g/mol. The Morgan fingerprint density at radius 1 is 1.30 bits per heavy atom. The molecule has 5 N–H and O–H groups in total. The van der Waals surface area contributed by atoms with Crippen molar-refractivity contribution in [2.75, 3.05) is 23.3 Å². The van der Waals surface area contributed by atoms with Gasteiger partial charge in [-0.15, -0.1) is 0 Å². The van der Waals surface area contributed by atoms with Crippen LogP contribution in [0.2, 0.25) is 0 Å². The van der Waals surface area contributed by atoms with Crippen LogP contribution in [0.25, 0.3) is 10.8 Å². The minimum atomic E-state index is -3.40. The van der Waals surface area contributed by atoms with Gasteiger partial charge in [-0.3, -0.25) is 4.98 Å². The third-order valence-corrected chi connectivity index (χ3v) is 3.85. The first-order valence-corrected chi connectivity index (χ1v) is 7.97. The van der Waals surface area contributed by atoms with E-state index in [0.29, 0.717) is 18.7 Å². The fourth-order valence-electron chi connectivity index (χ4n) is 2.02. The standard InChI is InChI=1S/C13H18N4O2S/c1-9-7-10-11(8-17-9)12(14)3-4-13(10)16-5-2-6-20(15,18)19/h3-4,7-8,16H,2,5-6,14H2,1H3,(H2,15,18,19). The molecule has 0 fully saturated rings. The third-order valence-electron chi connectivity index (χ3n) is 2.99. The predicted octanol–water partition coefficient (Wildman–Crippen LogP) is 1.22. The van der Waals surface area contributed by atoms with Gasteiger partial charge in [0.05, 0.1) is 5.75 Å². The average molecular weight is 294 g/mol. The molecule has 0 aliphatic carbocycles. The highest BCUT2D eigenvalue weighted by Crippen LogP contribution is 2.28. The number of aryl methyl sites for hydroxylation is 1. The third kappa shape index (κ3) is 3.58. The molecule has 0 unspecified atom stereocenters. The summed E-state index contributed by atoms with van der Waals surface area (Å²) in [6.45, 7) is 2.43. The number of hydrogen-bond donors (Lipinski definition) is 3. The number of sulfonamides is 1. The van der Waals surface area contributed by atoms with Gasteiger partial charge in [0.2, 0.25) is 10.0 Å². The second-order valence-corrected chi connectivity index (χ2v) is 6.45. The maximum absolute atomic E-state index is 10.9. The number of anilines is 2. The summed E-state index contributed by atoms with van der Waals surface area (Å²) in [6.07, 6.45) is 2.20. The fourth-order valence-corrected chi connectivity index (χ4v) is 2.56. The molecule has 0 saturated heterocycles. The summed E-state index contributed by atoms with van der Waals surface area (Å²) in [5, 5.41) is 10.0.